The standard InChI is InChI=1S/C5H10N2O/c1-5(2-6-1)3-8-4-7-5/h6-7H,1-4H2. The third kappa shape index (κ3) is 0.491. The minimum atomic E-state index is 0.333. The predicted octanol–water partition coefficient (Wildman–Crippen LogP) is -1.09. The summed E-state index contributed by atoms with van der Waals surface area (Å²) in [4.78, 5) is 0. The highest BCUT2D eigenvalue weighted by molar-refractivity contribution is 5.01. The van der Waals surface area contributed by atoms with Gasteiger partial charge in [0.05, 0.1) is 18.9 Å². The summed E-state index contributed by atoms with van der Waals surface area (Å²) in [5, 5.41) is 6.49. The molecule has 2 saturated heterocycles. The fourth-order valence-corrected chi connectivity index (χ4v) is 1.16. The molecule has 2 rings (SSSR count). The average molecular weight is 114 g/mol. The molecule has 0 aliphatic carbocycles. The Bertz CT molecular complexity index is 92.6. The van der Waals surface area contributed by atoms with Crippen molar-refractivity contribution < 1.29 is 4.74 Å². The highest BCUT2D eigenvalue weighted by Gasteiger charge is 2.39. The van der Waals surface area contributed by atoms with Crippen molar-refractivity contribution in [2.45, 2.75) is 5.54 Å². The molecule has 2 heterocycles. The molecule has 0 radical (unpaired) electrons. The first-order valence-electron chi connectivity index (χ1n) is 2.95. The van der Waals surface area contributed by atoms with Crippen molar-refractivity contribution in [1.29, 1.82) is 0 Å². The molecule has 2 N–H and O–H groups in total. The van der Waals surface area contributed by atoms with Gasteiger partial charge in [0.2, 0.25) is 0 Å². The SMILES string of the molecule is C1NC2(CNC2)CO1. The second-order valence-electron chi connectivity index (χ2n) is 2.55. The number of ether oxygens (including phenoxy) is 1. The molecule has 2 fully saturated rings. The molecule has 3 nitrogen and oxygen atoms in total. The molecule has 0 aromatic heterocycles. The molecule has 2 aliphatic rings. The quantitative estimate of drug-likeness (QED) is 0.419. The van der Waals surface area contributed by atoms with E-state index in [2.05, 4.69) is 10.6 Å². The van der Waals surface area contributed by atoms with E-state index in [0.29, 0.717) is 5.54 Å². The molecule has 0 bridgehead atoms. The van der Waals surface area contributed by atoms with Crippen LogP contribution in [0.15, 0.2) is 0 Å². The van der Waals surface area contributed by atoms with Crippen LogP contribution in [0.2, 0.25) is 0 Å². The van der Waals surface area contributed by atoms with Gasteiger partial charge in [-0.15, -0.1) is 0 Å². The first-order chi connectivity index (χ1) is 3.91. The zero-order valence-electron chi connectivity index (χ0n) is 4.74. The van der Waals surface area contributed by atoms with Gasteiger partial charge in [-0.3, -0.25) is 5.32 Å². The monoisotopic (exact) mass is 114 g/mol. The van der Waals surface area contributed by atoms with Crippen molar-refractivity contribution >= 4 is 0 Å². The fraction of sp³-hybridized carbons (Fsp3) is 1.00. The minimum Gasteiger partial charge on any atom is -0.364 e. The average Bonchev–Trinajstić information content (AvgIpc) is 2.07. The largest absolute Gasteiger partial charge is 0.364 e. The molecule has 46 valence electrons. The van der Waals surface area contributed by atoms with E-state index in [1.807, 2.05) is 0 Å². The molecule has 0 amide bonds. The topological polar surface area (TPSA) is 33.3 Å². The highest BCUT2D eigenvalue weighted by Crippen LogP contribution is 2.14. The van der Waals surface area contributed by atoms with Crippen LogP contribution in [0.4, 0.5) is 0 Å². The lowest BCUT2D eigenvalue weighted by Crippen LogP contribution is -2.66. The van der Waals surface area contributed by atoms with Crippen LogP contribution >= 0.6 is 0 Å². The smallest absolute Gasteiger partial charge is 0.0972 e. The predicted molar refractivity (Wildman–Crippen MR) is 29.6 cm³/mol. The van der Waals surface area contributed by atoms with E-state index in [4.69, 9.17) is 4.74 Å². The van der Waals surface area contributed by atoms with E-state index in [1.54, 1.807) is 0 Å². The van der Waals surface area contributed by atoms with Gasteiger partial charge in [0.15, 0.2) is 0 Å². The molecule has 0 aromatic carbocycles. The zero-order valence-corrected chi connectivity index (χ0v) is 4.74. The molecule has 0 aromatic rings. The zero-order chi connectivity index (χ0) is 5.45. The van der Waals surface area contributed by atoms with Gasteiger partial charge >= 0.3 is 0 Å². The van der Waals surface area contributed by atoms with E-state index in [-0.39, 0.29) is 0 Å². The minimum absolute atomic E-state index is 0.333. The summed E-state index contributed by atoms with van der Waals surface area (Å²) in [5.74, 6) is 0. The lowest BCUT2D eigenvalue weighted by Gasteiger charge is -2.37. The maximum atomic E-state index is 5.15. The molecule has 2 aliphatic heterocycles. The van der Waals surface area contributed by atoms with Crippen LogP contribution in [0.1, 0.15) is 0 Å². The third-order valence-electron chi connectivity index (χ3n) is 1.85. The Balaban J connectivity index is 2.01. The Morgan fingerprint density at radius 1 is 1.38 bits per heavy atom. The van der Waals surface area contributed by atoms with Crippen LogP contribution in [0.3, 0.4) is 0 Å². The van der Waals surface area contributed by atoms with Gasteiger partial charge in [0.25, 0.3) is 0 Å². The second kappa shape index (κ2) is 1.43. The Morgan fingerprint density at radius 2 is 2.25 bits per heavy atom. The Labute approximate surface area is 48.4 Å². The first-order valence-corrected chi connectivity index (χ1v) is 2.95. The van der Waals surface area contributed by atoms with Gasteiger partial charge in [-0.25, -0.2) is 0 Å². The fourth-order valence-electron chi connectivity index (χ4n) is 1.16. The van der Waals surface area contributed by atoms with Crippen molar-refractivity contribution in [2.24, 2.45) is 0 Å². The molecule has 0 atom stereocenters. The number of hydrogen-bond acceptors (Lipinski definition) is 3. The van der Waals surface area contributed by atoms with E-state index in [9.17, 15) is 0 Å². The van der Waals surface area contributed by atoms with Crippen molar-refractivity contribution in [3.63, 3.8) is 0 Å². The van der Waals surface area contributed by atoms with Gasteiger partial charge in [-0.2, -0.15) is 0 Å². The molecule has 0 unspecified atom stereocenters. The lowest BCUT2D eigenvalue weighted by atomic mass is 9.95. The lowest BCUT2D eigenvalue weighted by molar-refractivity contribution is 0.157. The van der Waals surface area contributed by atoms with E-state index in [1.165, 1.54) is 0 Å². The summed E-state index contributed by atoms with van der Waals surface area (Å²) in [6, 6.07) is 0. The molecular weight excluding hydrogens is 104 g/mol. The molecule has 0 saturated carbocycles. The maximum absolute atomic E-state index is 5.15. The van der Waals surface area contributed by atoms with Gasteiger partial charge in [0, 0.05) is 13.1 Å². The molecule has 8 heavy (non-hydrogen) atoms. The summed E-state index contributed by atoms with van der Waals surface area (Å²) in [6.45, 7) is 3.78. The van der Waals surface area contributed by atoms with Gasteiger partial charge in [-0.1, -0.05) is 0 Å². The van der Waals surface area contributed by atoms with Crippen molar-refractivity contribution in [3.05, 3.63) is 0 Å². The van der Waals surface area contributed by atoms with Crippen LogP contribution in [-0.2, 0) is 4.74 Å². The first kappa shape index (κ1) is 4.73. The Morgan fingerprint density at radius 3 is 2.50 bits per heavy atom. The molecular formula is C5H10N2O. The molecule has 3 heteroatoms. The number of hydrogen-bond donors (Lipinski definition) is 2. The van der Waals surface area contributed by atoms with Crippen molar-refractivity contribution in [3.8, 4) is 0 Å². The highest BCUT2D eigenvalue weighted by atomic mass is 16.5. The van der Waals surface area contributed by atoms with Crippen LogP contribution in [0, 0.1) is 0 Å². The summed E-state index contributed by atoms with van der Waals surface area (Å²) < 4.78 is 5.15. The van der Waals surface area contributed by atoms with Crippen molar-refractivity contribution in [1.82, 2.24) is 10.6 Å². The van der Waals surface area contributed by atoms with E-state index >= 15 is 0 Å². The normalized spacial score (nSPS) is 33.0. The van der Waals surface area contributed by atoms with Gasteiger partial charge in [0.1, 0.15) is 0 Å². The summed E-state index contributed by atoms with van der Waals surface area (Å²) >= 11 is 0. The number of rotatable bonds is 0. The third-order valence-corrected chi connectivity index (χ3v) is 1.85. The molecule has 1 spiro atoms. The van der Waals surface area contributed by atoms with Crippen LogP contribution in [-0.4, -0.2) is 32.0 Å². The number of nitrogens with one attached hydrogen (secondary N) is 2. The van der Waals surface area contributed by atoms with Crippen LogP contribution in [0.25, 0.3) is 0 Å². The van der Waals surface area contributed by atoms with Crippen LogP contribution < -0.4 is 10.6 Å². The second-order valence-corrected chi connectivity index (χ2v) is 2.55. The Kier molecular flexibility index (Phi) is 0.848. The van der Waals surface area contributed by atoms with E-state index < -0.39 is 0 Å². The van der Waals surface area contributed by atoms with Gasteiger partial charge < -0.3 is 10.1 Å². The van der Waals surface area contributed by atoms with Gasteiger partial charge in [-0.05, 0) is 0 Å². The summed E-state index contributed by atoms with van der Waals surface area (Å²) in [7, 11) is 0. The van der Waals surface area contributed by atoms with Crippen molar-refractivity contribution in [2.75, 3.05) is 26.4 Å². The Hall–Kier alpha value is -0.120. The maximum Gasteiger partial charge on any atom is 0.0972 e. The summed E-state index contributed by atoms with van der Waals surface area (Å²) in [5.41, 5.74) is 0.333. The van der Waals surface area contributed by atoms with E-state index in [0.717, 1.165) is 26.4 Å². The van der Waals surface area contributed by atoms with Crippen LogP contribution in [0.5, 0.6) is 0 Å². The summed E-state index contributed by atoms with van der Waals surface area (Å²) in [6.07, 6.45) is 0.